The van der Waals surface area contributed by atoms with Gasteiger partial charge in [0.25, 0.3) is 0 Å². The lowest BCUT2D eigenvalue weighted by atomic mass is 10.00. The molecule has 0 aromatic heterocycles. The fourth-order valence-corrected chi connectivity index (χ4v) is 4.93. The standard InChI is InChI=1S/C35H34N2O5S/c1-4-33(38)37(27-16-20-29(43-3)21-17-27)22-23-42-28-18-14-25(15-19-28)24-32(35(40)41-2)36-31-13-9-8-12-30(31)34(39)26-10-6-5-7-11-26/h4-21,32,36H,1,22-24H2,2-3H3/t32-/m0/s1. The Labute approximate surface area is 256 Å². The van der Waals surface area contributed by atoms with Crippen LogP contribution in [0.3, 0.4) is 0 Å². The van der Waals surface area contributed by atoms with Crippen molar-refractivity contribution in [2.24, 2.45) is 0 Å². The number of para-hydroxylation sites is 1. The molecule has 0 fully saturated rings. The topological polar surface area (TPSA) is 84.9 Å². The summed E-state index contributed by atoms with van der Waals surface area (Å²) >= 11 is 1.64. The average Bonchev–Trinajstić information content (AvgIpc) is 3.06. The van der Waals surface area contributed by atoms with Gasteiger partial charge in [-0.2, -0.15) is 0 Å². The SMILES string of the molecule is C=CC(=O)N(CCOc1ccc(C[C@H](Nc2ccccc2C(=O)c2ccccc2)C(=O)OC)cc1)c1ccc(SC)cc1. The summed E-state index contributed by atoms with van der Waals surface area (Å²) in [7, 11) is 1.34. The van der Waals surface area contributed by atoms with Gasteiger partial charge in [0.2, 0.25) is 5.91 Å². The number of ketones is 1. The van der Waals surface area contributed by atoms with Crippen LogP contribution in [0.4, 0.5) is 11.4 Å². The van der Waals surface area contributed by atoms with Crippen molar-refractivity contribution >= 4 is 40.8 Å². The molecule has 7 nitrogen and oxygen atoms in total. The van der Waals surface area contributed by atoms with E-state index in [-0.39, 0.29) is 18.3 Å². The summed E-state index contributed by atoms with van der Waals surface area (Å²) in [5, 5.41) is 3.22. The lowest BCUT2D eigenvalue weighted by Crippen LogP contribution is -2.33. The van der Waals surface area contributed by atoms with Crippen molar-refractivity contribution in [2.75, 3.05) is 36.7 Å². The number of hydrogen-bond donors (Lipinski definition) is 1. The summed E-state index contributed by atoms with van der Waals surface area (Å²) < 4.78 is 11.0. The van der Waals surface area contributed by atoms with Gasteiger partial charge >= 0.3 is 5.97 Å². The van der Waals surface area contributed by atoms with E-state index >= 15 is 0 Å². The Kier molecular flexibility index (Phi) is 11.2. The Balaban J connectivity index is 1.40. The molecule has 8 heteroatoms. The van der Waals surface area contributed by atoms with Gasteiger partial charge in [0.1, 0.15) is 18.4 Å². The van der Waals surface area contributed by atoms with E-state index in [1.54, 1.807) is 47.0 Å². The van der Waals surface area contributed by atoms with Crippen LogP contribution in [-0.2, 0) is 20.7 Å². The van der Waals surface area contributed by atoms with E-state index < -0.39 is 12.0 Å². The molecule has 0 saturated heterocycles. The van der Waals surface area contributed by atoms with Crippen LogP contribution in [-0.4, -0.2) is 50.2 Å². The Morgan fingerprint density at radius 3 is 2.23 bits per heavy atom. The normalized spacial score (nSPS) is 11.2. The van der Waals surface area contributed by atoms with Gasteiger partial charge in [-0.15, -0.1) is 11.8 Å². The van der Waals surface area contributed by atoms with Crippen molar-refractivity contribution in [1.29, 1.82) is 0 Å². The smallest absolute Gasteiger partial charge is 0.328 e. The zero-order chi connectivity index (χ0) is 30.6. The third-order valence-electron chi connectivity index (χ3n) is 6.79. The number of rotatable bonds is 14. The number of ether oxygens (including phenoxy) is 2. The zero-order valence-corrected chi connectivity index (χ0v) is 25.0. The van der Waals surface area contributed by atoms with E-state index in [2.05, 4.69) is 11.9 Å². The second-order valence-corrected chi connectivity index (χ2v) is 10.4. The van der Waals surface area contributed by atoms with Gasteiger partial charge in [0, 0.05) is 33.8 Å². The van der Waals surface area contributed by atoms with Crippen LogP contribution in [0.5, 0.6) is 5.75 Å². The Morgan fingerprint density at radius 1 is 0.907 bits per heavy atom. The summed E-state index contributed by atoms with van der Waals surface area (Å²) in [6.45, 7) is 4.25. The third kappa shape index (κ3) is 8.36. The highest BCUT2D eigenvalue weighted by molar-refractivity contribution is 7.98. The third-order valence-corrected chi connectivity index (χ3v) is 7.54. The highest BCUT2D eigenvalue weighted by Gasteiger charge is 2.23. The Bertz CT molecular complexity index is 1540. The van der Waals surface area contributed by atoms with Crippen LogP contribution in [0.2, 0.25) is 0 Å². The molecule has 1 amide bonds. The van der Waals surface area contributed by atoms with Crippen molar-refractivity contribution in [3.8, 4) is 5.75 Å². The minimum absolute atomic E-state index is 0.140. The van der Waals surface area contributed by atoms with Gasteiger partial charge < -0.3 is 19.7 Å². The first-order valence-corrected chi connectivity index (χ1v) is 15.0. The maximum atomic E-state index is 13.2. The van der Waals surface area contributed by atoms with E-state index in [9.17, 15) is 14.4 Å². The number of anilines is 2. The molecule has 0 heterocycles. The van der Waals surface area contributed by atoms with Crippen molar-refractivity contribution in [3.63, 3.8) is 0 Å². The second kappa shape index (κ2) is 15.4. The molecule has 4 rings (SSSR count). The zero-order valence-electron chi connectivity index (χ0n) is 24.2. The number of amides is 1. The van der Waals surface area contributed by atoms with Gasteiger partial charge in [-0.1, -0.05) is 61.2 Å². The molecule has 0 spiro atoms. The maximum absolute atomic E-state index is 13.2. The maximum Gasteiger partial charge on any atom is 0.328 e. The van der Waals surface area contributed by atoms with Crippen molar-refractivity contribution < 1.29 is 23.9 Å². The quantitative estimate of drug-likeness (QED) is 0.0779. The Morgan fingerprint density at radius 2 is 1.58 bits per heavy atom. The number of hydrogen-bond acceptors (Lipinski definition) is 7. The molecule has 0 aliphatic rings. The van der Waals surface area contributed by atoms with E-state index in [4.69, 9.17) is 9.47 Å². The summed E-state index contributed by atoms with van der Waals surface area (Å²) in [6, 6.07) is 30.6. The molecular weight excluding hydrogens is 560 g/mol. The van der Waals surface area contributed by atoms with Gasteiger partial charge in [-0.25, -0.2) is 4.79 Å². The van der Waals surface area contributed by atoms with Gasteiger partial charge in [0.15, 0.2) is 5.78 Å². The van der Waals surface area contributed by atoms with Crippen molar-refractivity contribution in [3.05, 3.63) is 132 Å². The van der Waals surface area contributed by atoms with Crippen LogP contribution < -0.4 is 15.0 Å². The number of nitrogens with one attached hydrogen (secondary N) is 1. The summed E-state index contributed by atoms with van der Waals surface area (Å²) in [4.78, 5) is 41.1. The molecular formula is C35H34N2O5S. The number of thioether (sulfide) groups is 1. The molecule has 1 N–H and O–H groups in total. The molecule has 1 atom stereocenters. The highest BCUT2D eigenvalue weighted by atomic mass is 32.2. The average molecular weight is 595 g/mol. The van der Waals surface area contributed by atoms with E-state index in [1.165, 1.54) is 13.2 Å². The highest BCUT2D eigenvalue weighted by Crippen LogP contribution is 2.23. The van der Waals surface area contributed by atoms with Crippen LogP contribution in [0, 0.1) is 0 Å². The number of benzene rings is 4. The molecule has 43 heavy (non-hydrogen) atoms. The van der Waals surface area contributed by atoms with Gasteiger partial charge in [0.05, 0.1) is 13.7 Å². The second-order valence-electron chi connectivity index (χ2n) is 9.55. The number of carbonyl (C=O) groups is 3. The molecule has 0 aliphatic carbocycles. The first-order valence-electron chi connectivity index (χ1n) is 13.8. The molecule has 4 aromatic rings. The monoisotopic (exact) mass is 594 g/mol. The summed E-state index contributed by atoms with van der Waals surface area (Å²) in [6.07, 6.45) is 3.62. The number of methoxy groups -OCH3 is 1. The van der Waals surface area contributed by atoms with E-state index in [0.717, 1.165) is 16.1 Å². The van der Waals surface area contributed by atoms with Crippen molar-refractivity contribution in [2.45, 2.75) is 17.4 Å². The Hall–Kier alpha value is -4.82. The first kappa shape index (κ1) is 31.1. The molecule has 0 aliphatic heterocycles. The van der Waals surface area contributed by atoms with Crippen molar-refractivity contribution in [1.82, 2.24) is 0 Å². The van der Waals surface area contributed by atoms with Crippen LogP contribution in [0.1, 0.15) is 21.5 Å². The van der Waals surface area contributed by atoms with Crippen LogP contribution >= 0.6 is 11.8 Å². The minimum atomic E-state index is -0.725. The summed E-state index contributed by atoms with van der Waals surface area (Å²) in [5.41, 5.74) is 3.23. The lowest BCUT2D eigenvalue weighted by Gasteiger charge is -2.22. The molecule has 0 radical (unpaired) electrons. The lowest BCUT2D eigenvalue weighted by molar-refractivity contribution is -0.141. The summed E-state index contributed by atoms with van der Waals surface area (Å²) in [5.74, 6) is -0.155. The molecule has 220 valence electrons. The minimum Gasteiger partial charge on any atom is -0.492 e. The van der Waals surface area contributed by atoms with Crippen LogP contribution in [0.15, 0.2) is 121 Å². The largest absolute Gasteiger partial charge is 0.492 e. The van der Waals surface area contributed by atoms with Gasteiger partial charge in [-0.05, 0) is 66.4 Å². The number of nitrogens with zero attached hydrogens (tertiary/aromatic N) is 1. The number of carbonyl (C=O) groups excluding carboxylic acids is 3. The molecule has 0 unspecified atom stereocenters. The molecule has 0 saturated carbocycles. The fourth-order valence-electron chi connectivity index (χ4n) is 4.53. The van der Waals surface area contributed by atoms with Gasteiger partial charge in [-0.3, -0.25) is 9.59 Å². The first-order chi connectivity index (χ1) is 20.9. The predicted molar refractivity (Wildman–Crippen MR) is 172 cm³/mol. The number of esters is 1. The predicted octanol–water partition coefficient (Wildman–Crippen LogP) is 6.43. The fraction of sp³-hybridized carbons (Fsp3) is 0.171. The molecule has 0 bridgehead atoms. The van der Waals surface area contributed by atoms with E-state index in [0.29, 0.717) is 35.5 Å². The van der Waals surface area contributed by atoms with E-state index in [1.807, 2.05) is 79.1 Å². The molecule has 4 aromatic carbocycles. The van der Waals surface area contributed by atoms with Crippen LogP contribution in [0.25, 0.3) is 0 Å².